The molecule has 120 valence electrons. The SMILES string of the molecule is COC(=O)c1cc(CNC2CC(C)C2)c2c(n1)C(F)(F)CC2. The minimum absolute atomic E-state index is 0.0402. The third-order valence-electron chi connectivity index (χ3n) is 4.60. The lowest BCUT2D eigenvalue weighted by atomic mass is 9.82. The molecule has 2 aliphatic rings. The average molecular weight is 310 g/mol. The Morgan fingerprint density at radius 3 is 2.86 bits per heavy atom. The van der Waals surface area contributed by atoms with Crippen LogP contribution in [0.5, 0.6) is 0 Å². The summed E-state index contributed by atoms with van der Waals surface area (Å²) < 4.78 is 32.5. The first-order valence-electron chi connectivity index (χ1n) is 7.63. The van der Waals surface area contributed by atoms with Crippen LogP contribution in [0.2, 0.25) is 0 Å². The van der Waals surface area contributed by atoms with Gasteiger partial charge in [0, 0.05) is 19.0 Å². The van der Waals surface area contributed by atoms with Crippen molar-refractivity contribution in [2.45, 2.75) is 51.1 Å². The fourth-order valence-electron chi connectivity index (χ4n) is 3.30. The van der Waals surface area contributed by atoms with E-state index in [9.17, 15) is 13.6 Å². The number of carbonyl (C=O) groups excluding carboxylic acids is 1. The first-order chi connectivity index (χ1) is 10.4. The Morgan fingerprint density at radius 2 is 2.23 bits per heavy atom. The highest BCUT2D eigenvalue weighted by Crippen LogP contribution is 2.42. The van der Waals surface area contributed by atoms with E-state index in [1.54, 1.807) is 6.07 Å². The van der Waals surface area contributed by atoms with Gasteiger partial charge in [-0.05, 0) is 42.4 Å². The standard InChI is InChI=1S/C16H20F2N2O2/c1-9-5-11(6-9)19-8-10-7-13(15(21)22-2)20-14-12(10)3-4-16(14,17)18/h7,9,11,19H,3-6,8H2,1-2H3. The van der Waals surface area contributed by atoms with Crippen LogP contribution in [0.4, 0.5) is 8.78 Å². The van der Waals surface area contributed by atoms with Gasteiger partial charge in [0.25, 0.3) is 5.92 Å². The lowest BCUT2D eigenvalue weighted by Gasteiger charge is -2.33. The van der Waals surface area contributed by atoms with Crippen molar-refractivity contribution in [2.24, 2.45) is 5.92 Å². The molecule has 0 aliphatic heterocycles. The number of carbonyl (C=O) groups is 1. The quantitative estimate of drug-likeness (QED) is 0.869. The van der Waals surface area contributed by atoms with Gasteiger partial charge in [-0.1, -0.05) is 6.92 Å². The summed E-state index contributed by atoms with van der Waals surface area (Å²) in [6.45, 7) is 2.68. The van der Waals surface area contributed by atoms with Crippen LogP contribution >= 0.6 is 0 Å². The number of nitrogens with one attached hydrogen (secondary N) is 1. The predicted molar refractivity (Wildman–Crippen MR) is 76.8 cm³/mol. The monoisotopic (exact) mass is 310 g/mol. The zero-order valence-corrected chi connectivity index (χ0v) is 12.8. The van der Waals surface area contributed by atoms with Gasteiger partial charge in [0.2, 0.25) is 0 Å². The molecule has 0 radical (unpaired) electrons. The second-order valence-corrected chi connectivity index (χ2v) is 6.34. The lowest BCUT2D eigenvalue weighted by molar-refractivity contribution is -0.00612. The third-order valence-corrected chi connectivity index (χ3v) is 4.60. The van der Waals surface area contributed by atoms with Crippen LogP contribution in [0.3, 0.4) is 0 Å². The van der Waals surface area contributed by atoms with E-state index in [4.69, 9.17) is 0 Å². The van der Waals surface area contributed by atoms with E-state index in [0.717, 1.165) is 24.3 Å². The Balaban J connectivity index is 1.87. The van der Waals surface area contributed by atoms with Crippen LogP contribution in [-0.2, 0) is 23.6 Å². The van der Waals surface area contributed by atoms with Crippen LogP contribution in [0.15, 0.2) is 6.07 Å². The van der Waals surface area contributed by atoms with Crippen molar-refractivity contribution in [1.29, 1.82) is 0 Å². The molecular formula is C16H20F2N2O2. The molecule has 6 heteroatoms. The number of hydrogen-bond acceptors (Lipinski definition) is 4. The molecule has 0 unspecified atom stereocenters. The second kappa shape index (κ2) is 5.57. The number of ether oxygens (including phenoxy) is 1. The number of aromatic nitrogens is 1. The molecule has 0 amide bonds. The van der Waals surface area contributed by atoms with Gasteiger partial charge in [0.05, 0.1) is 7.11 Å². The van der Waals surface area contributed by atoms with Crippen molar-refractivity contribution in [3.8, 4) is 0 Å². The van der Waals surface area contributed by atoms with Crippen LogP contribution in [0.1, 0.15) is 53.5 Å². The fraction of sp³-hybridized carbons (Fsp3) is 0.625. The lowest BCUT2D eigenvalue weighted by Crippen LogP contribution is -2.39. The summed E-state index contributed by atoms with van der Waals surface area (Å²) in [6, 6.07) is 2.02. The van der Waals surface area contributed by atoms with Gasteiger partial charge in [-0.2, -0.15) is 8.78 Å². The number of pyridine rings is 1. The number of fused-ring (bicyclic) bond motifs is 1. The molecule has 1 saturated carbocycles. The second-order valence-electron chi connectivity index (χ2n) is 6.34. The topological polar surface area (TPSA) is 51.2 Å². The number of halogens is 2. The largest absolute Gasteiger partial charge is 0.464 e. The summed E-state index contributed by atoms with van der Waals surface area (Å²) in [6.07, 6.45) is 2.27. The van der Waals surface area contributed by atoms with Crippen molar-refractivity contribution in [3.63, 3.8) is 0 Å². The number of nitrogens with zero attached hydrogens (tertiary/aromatic N) is 1. The van der Waals surface area contributed by atoms with Gasteiger partial charge in [-0.3, -0.25) is 0 Å². The van der Waals surface area contributed by atoms with Crippen LogP contribution < -0.4 is 5.32 Å². The summed E-state index contributed by atoms with van der Waals surface area (Å²) >= 11 is 0. The molecule has 1 fully saturated rings. The van der Waals surface area contributed by atoms with E-state index >= 15 is 0 Å². The number of hydrogen-bond donors (Lipinski definition) is 1. The molecule has 1 N–H and O–H groups in total. The normalized spacial score (nSPS) is 25.5. The van der Waals surface area contributed by atoms with Gasteiger partial charge in [-0.15, -0.1) is 0 Å². The van der Waals surface area contributed by atoms with Crippen molar-refractivity contribution in [1.82, 2.24) is 10.3 Å². The number of esters is 1. The maximum atomic E-state index is 14.0. The average Bonchev–Trinajstić information content (AvgIpc) is 2.77. The predicted octanol–water partition coefficient (Wildman–Crippen LogP) is 2.79. The fourth-order valence-corrected chi connectivity index (χ4v) is 3.30. The molecule has 4 nitrogen and oxygen atoms in total. The Kier molecular flexibility index (Phi) is 3.89. The van der Waals surface area contributed by atoms with E-state index in [-0.39, 0.29) is 17.8 Å². The smallest absolute Gasteiger partial charge is 0.356 e. The zero-order chi connectivity index (χ0) is 15.9. The summed E-state index contributed by atoms with van der Waals surface area (Å²) in [5.74, 6) is -2.92. The number of alkyl halides is 2. The Bertz CT molecular complexity index is 598. The zero-order valence-electron chi connectivity index (χ0n) is 12.8. The van der Waals surface area contributed by atoms with Crippen LogP contribution in [0.25, 0.3) is 0 Å². The first kappa shape index (κ1) is 15.3. The van der Waals surface area contributed by atoms with Gasteiger partial charge >= 0.3 is 5.97 Å². The summed E-state index contributed by atoms with van der Waals surface area (Å²) in [4.78, 5) is 15.5. The van der Waals surface area contributed by atoms with Gasteiger partial charge in [0.1, 0.15) is 11.4 Å². The summed E-state index contributed by atoms with van der Waals surface area (Å²) in [5, 5.41) is 3.38. The summed E-state index contributed by atoms with van der Waals surface area (Å²) in [5.41, 5.74) is 1.02. The van der Waals surface area contributed by atoms with Crippen molar-refractivity contribution in [3.05, 3.63) is 28.6 Å². The Labute approximate surface area is 128 Å². The van der Waals surface area contributed by atoms with E-state index in [1.807, 2.05) is 0 Å². The van der Waals surface area contributed by atoms with Gasteiger partial charge in [0.15, 0.2) is 0 Å². The molecule has 22 heavy (non-hydrogen) atoms. The molecule has 1 aromatic rings. The van der Waals surface area contributed by atoms with Gasteiger partial charge in [-0.25, -0.2) is 9.78 Å². The molecule has 1 heterocycles. The maximum Gasteiger partial charge on any atom is 0.356 e. The highest BCUT2D eigenvalue weighted by molar-refractivity contribution is 5.87. The Morgan fingerprint density at radius 1 is 1.50 bits per heavy atom. The molecule has 0 atom stereocenters. The minimum atomic E-state index is -2.96. The molecule has 2 aliphatic carbocycles. The van der Waals surface area contributed by atoms with Crippen LogP contribution in [-0.4, -0.2) is 24.1 Å². The van der Waals surface area contributed by atoms with E-state index in [0.29, 0.717) is 24.6 Å². The van der Waals surface area contributed by atoms with Gasteiger partial charge < -0.3 is 10.1 Å². The molecule has 3 rings (SSSR count). The van der Waals surface area contributed by atoms with Crippen molar-refractivity contribution in [2.75, 3.05) is 7.11 Å². The first-order valence-corrected chi connectivity index (χ1v) is 7.63. The maximum absolute atomic E-state index is 14.0. The number of methoxy groups -OCH3 is 1. The molecule has 0 saturated heterocycles. The highest BCUT2D eigenvalue weighted by Gasteiger charge is 2.42. The Hall–Kier alpha value is -1.56. The number of rotatable bonds is 4. The molecular weight excluding hydrogens is 290 g/mol. The van der Waals surface area contributed by atoms with E-state index < -0.39 is 11.9 Å². The van der Waals surface area contributed by atoms with E-state index in [1.165, 1.54) is 7.11 Å². The molecule has 0 spiro atoms. The van der Waals surface area contributed by atoms with Crippen LogP contribution in [0, 0.1) is 5.92 Å². The molecule has 0 aromatic carbocycles. The highest BCUT2D eigenvalue weighted by atomic mass is 19.3. The van der Waals surface area contributed by atoms with Crippen molar-refractivity contribution < 1.29 is 18.3 Å². The molecule has 1 aromatic heterocycles. The minimum Gasteiger partial charge on any atom is -0.464 e. The summed E-state index contributed by atoms with van der Waals surface area (Å²) in [7, 11) is 1.23. The third kappa shape index (κ3) is 2.72. The van der Waals surface area contributed by atoms with E-state index in [2.05, 4.69) is 22.0 Å². The molecule has 0 bridgehead atoms. The van der Waals surface area contributed by atoms with Crippen molar-refractivity contribution >= 4 is 5.97 Å².